The number of para-hydroxylation sites is 1. The monoisotopic (exact) mass is 399 g/mol. The van der Waals surface area contributed by atoms with Gasteiger partial charge in [-0.1, -0.05) is 42.5 Å². The van der Waals surface area contributed by atoms with Gasteiger partial charge in [0.25, 0.3) is 5.56 Å². The van der Waals surface area contributed by atoms with Crippen LogP contribution in [-0.4, -0.2) is 29.6 Å². The predicted molar refractivity (Wildman–Crippen MR) is 119 cm³/mol. The molecule has 0 aliphatic rings. The summed E-state index contributed by atoms with van der Waals surface area (Å²) in [5, 5.41) is 4.99. The first-order chi connectivity index (χ1) is 14.7. The normalized spacial score (nSPS) is 11.1. The number of aromatic nitrogens is 2. The van der Waals surface area contributed by atoms with Crippen LogP contribution in [0.4, 0.5) is 0 Å². The van der Waals surface area contributed by atoms with Gasteiger partial charge in [0.2, 0.25) is 0 Å². The first kappa shape index (κ1) is 19.4. The van der Waals surface area contributed by atoms with Crippen LogP contribution in [0.1, 0.15) is 12.5 Å². The molecule has 150 valence electrons. The minimum absolute atomic E-state index is 0.228. The van der Waals surface area contributed by atoms with Crippen LogP contribution in [0.2, 0.25) is 0 Å². The second kappa shape index (κ2) is 8.61. The van der Waals surface area contributed by atoms with Crippen molar-refractivity contribution >= 4 is 17.1 Å². The quantitative estimate of drug-likeness (QED) is 0.452. The molecule has 3 aromatic carbocycles. The standard InChI is InChI=1S/C24H21N3O3/c1-3-30-22-15-17(13-14-21(22)29-2)16-25-27-23(18-9-5-4-6-10-18)26-20-12-8-7-11-19(20)24(27)28/h4-16H,3H2,1-2H3. The van der Waals surface area contributed by atoms with E-state index in [9.17, 15) is 4.79 Å². The smallest absolute Gasteiger partial charge is 0.282 e. The zero-order valence-electron chi connectivity index (χ0n) is 16.8. The lowest BCUT2D eigenvalue weighted by Crippen LogP contribution is -2.20. The minimum Gasteiger partial charge on any atom is -0.493 e. The van der Waals surface area contributed by atoms with E-state index < -0.39 is 0 Å². The molecule has 4 rings (SSSR count). The fraction of sp³-hybridized carbons (Fsp3) is 0.125. The van der Waals surface area contributed by atoms with Gasteiger partial charge in [-0.25, -0.2) is 4.98 Å². The summed E-state index contributed by atoms with van der Waals surface area (Å²) in [5.74, 6) is 1.74. The Morgan fingerprint density at radius 3 is 2.53 bits per heavy atom. The van der Waals surface area contributed by atoms with E-state index in [0.717, 1.165) is 11.1 Å². The third-order valence-corrected chi connectivity index (χ3v) is 4.60. The molecule has 0 aliphatic heterocycles. The van der Waals surface area contributed by atoms with Crippen molar-refractivity contribution in [3.63, 3.8) is 0 Å². The molecule has 0 radical (unpaired) electrons. The molecule has 0 saturated heterocycles. The van der Waals surface area contributed by atoms with Crippen molar-refractivity contribution in [1.29, 1.82) is 0 Å². The molecular weight excluding hydrogens is 378 g/mol. The van der Waals surface area contributed by atoms with E-state index in [1.165, 1.54) is 4.68 Å². The summed E-state index contributed by atoms with van der Waals surface area (Å²) < 4.78 is 12.3. The topological polar surface area (TPSA) is 65.7 Å². The van der Waals surface area contributed by atoms with Crippen LogP contribution < -0.4 is 15.0 Å². The van der Waals surface area contributed by atoms with Crippen molar-refractivity contribution < 1.29 is 9.47 Å². The highest BCUT2D eigenvalue weighted by atomic mass is 16.5. The highest BCUT2D eigenvalue weighted by Crippen LogP contribution is 2.27. The molecule has 0 amide bonds. The molecule has 0 bridgehead atoms. The average Bonchev–Trinajstić information content (AvgIpc) is 2.79. The van der Waals surface area contributed by atoms with E-state index in [4.69, 9.17) is 14.5 Å². The number of fused-ring (bicyclic) bond motifs is 1. The third kappa shape index (κ3) is 3.80. The maximum Gasteiger partial charge on any atom is 0.282 e. The number of hydrogen-bond donors (Lipinski definition) is 0. The number of nitrogens with zero attached hydrogens (tertiary/aromatic N) is 3. The van der Waals surface area contributed by atoms with Gasteiger partial charge in [0.05, 0.1) is 30.8 Å². The number of methoxy groups -OCH3 is 1. The van der Waals surface area contributed by atoms with Gasteiger partial charge in [-0.3, -0.25) is 4.79 Å². The molecule has 1 aromatic heterocycles. The minimum atomic E-state index is -0.228. The van der Waals surface area contributed by atoms with E-state index in [2.05, 4.69) is 5.10 Å². The highest BCUT2D eigenvalue weighted by molar-refractivity contribution is 5.82. The van der Waals surface area contributed by atoms with Crippen molar-refractivity contribution in [2.45, 2.75) is 6.92 Å². The largest absolute Gasteiger partial charge is 0.493 e. The molecule has 0 spiro atoms. The Kier molecular flexibility index (Phi) is 5.57. The van der Waals surface area contributed by atoms with Crippen LogP contribution in [0, 0.1) is 0 Å². The predicted octanol–water partition coefficient (Wildman–Crippen LogP) is 4.35. The number of benzene rings is 3. The number of rotatable bonds is 6. The summed E-state index contributed by atoms with van der Waals surface area (Å²) in [6, 6.07) is 22.3. The molecule has 4 aromatic rings. The Bertz CT molecular complexity index is 1260. The van der Waals surface area contributed by atoms with E-state index in [0.29, 0.717) is 34.8 Å². The molecule has 0 saturated carbocycles. The fourth-order valence-electron chi connectivity index (χ4n) is 3.17. The molecule has 0 atom stereocenters. The zero-order valence-corrected chi connectivity index (χ0v) is 16.8. The lowest BCUT2D eigenvalue weighted by atomic mass is 10.2. The molecule has 0 N–H and O–H groups in total. The van der Waals surface area contributed by atoms with Crippen molar-refractivity contribution in [2.24, 2.45) is 5.10 Å². The van der Waals surface area contributed by atoms with Gasteiger partial charge in [0, 0.05) is 5.56 Å². The summed E-state index contributed by atoms with van der Waals surface area (Å²) in [5.41, 5.74) is 1.99. The maximum absolute atomic E-state index is 13.2. The van der Waals surface area contributed by atoms with Crippen LogP contribution in [0.25, 0.3) is 22.3 Å². The summed E-state index contributed by atoms with van der Waals surface area (Å²) in [4.78, 5) is 17.9. The van der Waals surface area contributed by atoms with E-state index in [1.807, 2.05) is 73.7 Å². The van der Waals surface area contributed by atoms with E-state index >= 15 is 0 Å². The second-order valence-corrected chi connectivity index (χ2v) is 6.52. The van der Waals surface area contributed by atoms with Gasteiger partial charge in [0.15, 0.2) is 17.3 Å². The summed E-state index contributed by atoms with van der Waals surface area (Å²) >= 11 is 0. The lowest BCUT2D eigenvalue weighted by Gasteiger charge is -2.10. The molecule has 0 aliphatic carbocycles. The second-order valence-electron chi connectivity index (χ2n) is 6.52. The zero-order chi connectivity index (χ0) is 20.9. The van der Waals surface area contributed by atoms with Gasteiger partial charge in [-0.15, -0.1) is 0 Å². The van der Waals surface area contributed by atoms with Crippen LogP contribution >= 0.6 is 0 Å². The lowest BCUT2D eigenvalue weighted by molar-refractivity contribution is 0.311. The highest BCUT2D eigenvalue weighted by Gasteiger charge is 2.12. The van der Waals surface area contributed by atoms with Gasteiger partial charge < -0.3 is 9.47 Å². The van der Waals surface area contributed by atoms with Crippen LogP contribution in [0.5, 0.6) is 11.5 Å². The molecule has 30 heavy (non-hydrogen) atoms. The fourth-order valence-corrected chi connectivity index (χ4v) is 3.17. The summed E-state index contributed by atoms with van der Waals surface area (Å²) in [7, 11) is 1.60. The summed E-state index contributed by atoms with van der Waals surface area (Å²) in [6.45, 7) is 2.43. The first-order valence-electron chi connectivity index (χ1n) is 9.63. The first-order valence-corrected chi connectivity index (χ1v) is 9.63. The van der Waals surface area contributed by atoms with Crippen molar-refractivity contribution in [3.05, 3.63) is 88.7 Å². The molecular formula is C24H21N3O3. The number of ether oxygens (including phenoxy) is 2. The Morgan fingerprint density at radius 1 is 1.00 bits per heavy atom. The third-order valence-electron chi connectivity index (χ3n) is 4.60. The molecule has 0 unspecified atom stereocenters. The van der Waals surface area contributed by atoms with E-state index in [-0.39, 0.29) is 5.56 Å². The summed E-state index contributed by atoms with van der Waals surface area (Å²) in [6.07, 6.45) is 1.62. The molecule has 6 nitrogen and oxygen atoms in total. The molecule has 0 fully saturated rings. The Balaban J connectivity index is 1.85. The van der Waals surface area contributed by atoms with Gasteiger partial charge in [0.1, 0.15) is 0 Å². The molecule has 1 heterocycles. The Morgan fingerprint density at radius 2 is 1.77 bits per heavy atom. The number of hydrogen-bond acceptors (Lipinski definition) is 5. The van der Waals surface area contributed by atoms with Gasteiger partial charge in [-0.2, -0.15) is 9.78 Å². The van der Waals surface area contributed by atoms with Gasteiger partial charge >= 0.3 is 0 Å². The van der Waals surface area contributed by atoms with Gasteiger partial charge in [-0.05, 0) is 42.8 Å². The Labute approximate surface area is 174 Å². The average molecular weight is 399 g/mol. The van der Waals surface area contributed by atoms with Crippen LogP contribution in [-0.2, 0) is 0 Å². The van der Waals surface area contributed by atoms with E-state index in [1.54, 1.807) is 19.4 Å². The Hall–Kier alpha value is -3.93. The van der Waals surface area contributed by atoms with Crippen LogP contribution in [0.15, 0.2) is 82.7 Å². The van der Waals surface area contributed by atoms with Crippen LogP contribution in [0.3, 0.4) is 0 Å². The SMILES string of the molecule is CCOc1cc(C=Nn2c(-c3ccccc3)nc3ccccc3c2=O)ccc1OC. The molecule has 6 heteroatoms. The van der Waals surface area contributed by atoms with Crippen molar-refractivity contribution in [3.8, 4) is 22.9 Å². The van der Waals surface area contributed by atoms with Crippen molar-refractivity contribution in [1.82, 2.24) is 9.66 Å². The van der Waals surface area contributed by atoms with Crippen molar-refractivity contribution in [2.75, 3.05) is 13.7 Å². The maximum atomic E-state index is 13.2.